The summed E-state index contributed by atoms with van der Waals surface area (Å²) in [6.45, 7) is 6.49. The smallest absolute Gasteiger partial charge is 0.306 e. The van der Waals surface area contributed by atoms with Gasteiger partial charge in [0.25, 0.3) is 0 Å². The van der Waals surface area contributed by atoms with Crippen LogP contribution in [0.1, 0.15) is 290 Å². The van der Waals surface area contributed by atoms with Crippen molar-refractivity contribution in [2.24, 2.45) is 0 Å². The molecular weight excluding hydrogens is 779 g/mol. The van der Waals surface area contributed by atoms with Gasteiger partial charge < -0.3 is 20.3 Å². The highest BCUT2D eigenvalue weighted by atomic mass is 16.5. The number of rotatable bonds is 50. The van der Waals surface area contributed by atoms with Crippen molar-refractivity contribution in [1.82, 2.24) is 5.32 Å². The van der Waals surface area contributed by atoms with Crippen molar-refractivity contribution < 1.29 is 24.5 Å². The van der Waals surface area contributed by atoms with Crippen molar-refractivity contribution in [2.45, 2.75) is 309 Å². The maximum Gasteiger partial charge on any atom is 0.306 e. The number of aliphatic hydroxyl groups excluding tert-OH is 2. The Kier molecular flexibility index (Phi) is 49.5. The second-order valence-corrected chi connectivity index (χ2v) is 19.1. The molecule has 0 aromatic heterocycles. The van der Waals surface area contributed by atoms with Gasteiger partial charge in [-0.25, -0.2) is 0 Å². The highest BCUT2D eigenvalue weighted by Gasteiger charge is 2.24. The summed E-state index contributed by atoms with van der Waals surface area (Å²) in [5.74, 6) is -0.483. The first-order valence-electron chi connectivity index (χ1n) is 27.7. The maximum atomic E-state index is 13.2. The molecule has 63 heavy (non-hydrogen) atoms. The maximum absolute atomic E-state index is 13.2. The number of ether oxygens (including phenoxy) is 1. The highest BCUT2D eigenvalue weighted by Crippen LogP contribution is 2.18. The van der Waals surface area contributed by atoms with Crippen molar-refractivity contribution in [3.8, 4) is 0 Å². The number of unbranched alkanes of at least 4 members (excludes halogenated alkanes) is 34. The summed E-state index contributed by atoms with van der Waals surface area (Å²) >= 11 is 0. The summed E-state index contributed by atoms with van der Waals surface area (Å²) in [5, 5.41) is 23.8. The van der Waals surface area contributed by atoms with E-state index in [9.17, 15) is 19.8 Å². The Bertz CT molecular complexity index is 1040. The van der Waals surface area contributed by atoms with Gasteiger partial charge in [0.2, 0.25) is 5.91 Å². The van der Waals surface area contributed by atoms with Crippen molar-refractivity contribution in [1.29, 1.82) is 0 Å². The Morgan fingerprint density at radius 1 is 0.460 bits per heavy atom. The second-order valence-electron chi connectivity index (χ2n) is 19.1. The Balaban J connectivity index is 4.54. The standard InChI is InChI=1S/C57H107NO5/c1-4-7-10-13-16-19-22-25-27-28-29-30-32-35-38-41-44-47-50-57(62)63-53(48-45-42-39-36-33-24-21-18-15-12-9-6-3)51-56(61)58-54(52-59)55(60)49-46-43-40-37-34-31-26-23-20-17-14-11-8-5-2/h22,25,27-30,53-55,59-60H,4-21,23-24,26,31-52H2,1-3H3,(H,58,61)/b25-22+,28-27+,30-29+. The van der Waals surface area contributed by atoms with E-state index in [4.69, 9.17) is 4.74 Å². The average molecular weight is 886 g/mol. The average Bonchev–Trinajstić information content (AvgIpc) is 3.28. The van der Waals surface area contributed by atoms with Gasteiger partial charge in [0.15, 0.2) is 0 Å². The molecule has 0 rings (SSSR count). The van der Waals surface area contributed by atoms with Gasteiger partial charge in [-0.2, -0.15) is 0 Å². The van der Waals surface area contributed by atoms with Gasteiger partial charge in [-0.1, -0.05) is 263 Å². The molecule has 0 aromatic carbocycles. The highest BCUT2D eigenvalue weighted by molar-refractivity contribution is 5.77. The number of aliphatic hydroxyl groups is 2. The van der Waals surface area contributed by atoms with Crippen LogP contribution in [0.4, 0.5) is 0 Å². The molecule has 0 aliphatic rings. The molecule has 0 heterocycles. The fourth-order valence-electron chi connectivity index (χ4n) is 8.55. The van der Waals surface area contributed by atoms with Crippen LogP contribution in [0.25, 0.3) is 0 Å². The van der Waals surface area contributed by atoms with Gasteiger partial charge in [0.05, 0.1) is 25.2 Å². The summed E-state index contributed by atoms with van der Waals surface area (Å²) < 4.78 is 5.94. The largest absolute Gasteiger partial charge is 0.462 e. The lowest BCUT2D eigenvalue weighted by atomic mass is 10.0. The zero-order chi connectivity index (χ0) is 45.9. The lowest BCUT2D eigenvalue weighted by Gasteiger charge is -2.24. The molecular formula is C57H107NO5. The van der Waals surface area contributed by atoms with E-state index < -0.39 is 18.2 Å². The molecule has 0 bridgehead atoms. The van der Waals surface area contributed by atoms with E-state index in [1.54, 1.807) is 0 Å². The molecule has 0 spiro atoms. The van der Waals surface area contributed by atoms with Gasteiger partial charge in [-0.3, -0.25) is 9.59 Å². The minimum absolute atomic E-state index is 0.0734. The van der Waals surface area contributed by atoms with E-state index in [2.05, 4.69) is 62.5 Å². The summed E-state index contributed by atoms with van der Waals surface area (Å²) in [6.07, 6.45) is 60.6. The number of carbonyl (C=O) groups excluding carboxylic acids is 2. The molecule has 3 unspecified atom stereocenters. The molecule has 1 amide bonds. The van der Waals surface area contributed by atoms with Crippen LogP contribution in [0.15, 0.2) is 36.5 Å². The minimum Gasteiger partial charge on any atom is -0.462 e. The van der Waals surface area contributed by atoms with Gasteiger partial charge >= 0.3 is 5.97 Å². The van der Waals surface area contributed by atoms with Crippen LogP contribution in [-0.4, -0.2) is 46.9 Å². The second kappa shape index (κ2) is 51.1. The number of carbonyl (C=O) groups is 2. The van der Waals surface area contributed by atoms with Crippen molar-refractivity contribution in [2.75, 3.05) is 6.61 Å². The number of hydrogen-bond donors (Lipinski definition) is 3. The third-order valence-corrected chi connectivity index (χ3v) is 12.8. The van der Waals surface area contributed by atoms with Gasteiger partial charge in [0.1, 0.15) is 6.10 Å². The summed E-state index contributed by atoms with van der Waals surface area (Å²) in [4.78, 5) is 26.2. The summed E-state index contributed by atoms with van der Waals surface area (Å²) in [5.41, 5.74) is 0. The molecule has 0 aromatic rings. The number of esters is 1. The van der Waals surface area contributed by atoms with E-state index in [0.29, 0.717) is 19.3 Å². The number of allylic oxidation sites excluding steroid dienone is 6. The molecule has 0 saturated heterocycles. The quantitative estimate of drug-likeness (QED) is 0.0321. The van der Waals surface area contributed by atoms with Crippen LogP contribution >= 0.6 is 0 Å². The topological polar surface area (TPSA) is 95.9 Å². The molecule has 0 aliphatic carbocycles. The molecule has 0 fully saturated rings. The van der Waals surface area contributed by atoms with Crippen molar-refractivity contribution in [3.05, 3.63) is 36.5 Å². The SMILES string of the molecule is CCCCCCC/C=C/C=C/C=C/CCCCCCCC(=O)OC(CCCCCCCCCCCCCC)CC(=O)NC(CO)C(O)CCCCCCCCCCCCCCCC. The van der Waals surface area contributed by atoms with Crippen LogP contribution in [0.3, 0.4) is 0 Å². The predicted molar refractivity (Wildman–Crippen MR) is 273 cm³/mol. The molecule has 0 saturated carbocycles. The van der Waals surface area contributed by atoms with Crippen LogP contribution in [0.5, 0.6) is 0 Å². The fourth-order valence-corrected chi connectivity index (χ4v) is 8.55. The van der Waals surface area contributed by atoms with Crippen LogP contribution in [-0.2, 0) is 14.3 Å². The minimum atomic E-state index is -0.788. The third-order valence-electron chi connectivity index (χ3n) is 12.8. The van der Waals surface area contributed by atoms with E-state index in [-0.39, 0.29) is 24.9 Å². The zero-order valence-corrected chi connectivity index (χ0v) is 42.2. The molecule has 6 nitrogen and oxygen atoms in total. The molecule has 0 aliphatic heterocycles. The van der Waals surface area contributed by atoms with Gasteiger partial charge in [-0.05, 0) is 51.4 Å². The zero-order valence-electron chi connectivity index (χ0n) is 42.2. The Labute approximate surface area is 392 Å². The molecule has 0 radical (unpaired) electrons. The fraction of sp³-hybridized carbons (Fsp3) is 0.860. The number of hydrogen-bond acceptors (Lipinski definition) is 5. The monoisotopic (exact) mass is 886 g/mol. The van der Waals surface area contributed by atoms with Crippen molar-refractivity contribution >= 4 is 11.9 Å². The van der Waals surface area contributed by atoms with Gasteiger partial charge in [-0.15, -0.1) is 0 Å². The van der Waals surface area contributed by atoms with E-state index in [1.807, 2.05) is 0 Å². The molecule has 370 valence electrons. The van der Waals surface area contributed by atoms with E-state index >= 15 is 0 Å². The predicted octanol–water partition coefficient (Wildman–Crippen LogP) is 16.8. The Hall–Kier alpha value is -1.92. The first-order chi connectivity index (χ1) is 31.0. The molecule has 3 N–H and O–H groups in total. The summed E-state index contributed by atoms with van der Waals surface area (Å²) in [6, 6.07) is -0.703. The molecule has 6 heteroatoms. The Morgan fingerprint density at radius 2 is 0.810 bits per heavy atom. The first-order valence-corrected chi connectivity index (χ1v) is 27.7. The first kappa shape index (κ1) is 61.1. The van der Waals surface area contributed by atoms with E-state index in [1.165, 1.54) is 180 Å². The lowest BCUT2D eigenvalue weighted by molar-refractivity contribution is -0.151. The van der Waals surface area contributed by atoms with Gasteiger partial charge in [0, 0.05) is 6.42 Å². The Morgan fingerprint density at radius 3 is 1.21 bits per heavy atom. The van der Waals surface area contributed by atoms with Crippen LogP contribution in [0.2, 0.25) is 0 Å². The number of amides is 1. The van der Waals surface area contributed by atoms with Crippen LogP contribution in [0, 0.1) is 0 Å². The normalized spacial score (nSPS) is 13.4. The number of nitrogens with one attached hydrogen (secondary N) is 1. The van der Waals surface area contributed by atoms with Crippen molar-refractivity contribution in [3.63, 3.8) is 0 Å². The summed E-state index contributed by atoms with van der Waals surface area (Å²) in [7, 11) is 0. The molecule has 3 atom stereocenters. The third kappa shape index (κ3) is 46.4. The van der Waals surface area contributed by atoms with E-state index in [0.717, 1.165) is 64.2 Å². The van der Waals surface area contributed by atoms with Crippen LogP contribution < -0.4 is 5.32 Å². The lowest BCUT2D eigenvalue weighted by Crippen LogP contribution is -2.46.